The van der Waals surface area contributed by atoms with Crippen LogP contribution in [0.4, 0.5) is 0 Å². The van der Waals surface area contributed by atoms with Crippen LogP contribution in [0.5, 0.6) is 0 Å². The highest BCUT2D eigenvalue weighted by molar-refractivity contribution is 14.0. The summed E-state index contributed by atoms with van der Waals surface area (Å²) in [6.07, 6.45) is 6.60. The summed E-state index contributed by atoms with van der Waals surface area (Å²) >= 11 is 0. The fourth-order valence-corrected chi connectivity index (χ4v) is 1.82. The van der Waals surface area contributed by atoms with E-state index in [9.17, 15) is 0 Å². The van der Waals surface area contributed by atoms with Crippen molar-refractivity contribution in [3.05, 3.63) is 48.0 Å². The van der Waals surface area contributed by atoms with E-state index in [1.807, 2.05) is 42.3 Å². The monoisotopic (exact) mass is 400 g/mol. The van der Waals surface area contributed by atoms with E-state index >= 15 is 0 Å². The number of nitrogens with zero attached hydrogens (tertiary/aromatic N) is 4. The van der Waals surface area contributed by atoms with Gasteiger partial charge < -0.3 is 10.6 Å². The largest absolute Gasteiger partial charge is 0.356 e. The second-order valence-electron chi connectivity index (χ2n) is 4.45. The van der Waals surface area contributed by atoms with E-state index < -0.39 is 0 Å². The molecule has 7 heteroatoms. The van der Waals surface area contributed by atoms with Crippen LogP contribution in [0.1, 0.15) is 11.3 Å². The van der Waals surface area contributed by atoms with Crippen LogP contribution in [0, 0.1) is 0 Å². The fourth-order valence-electron chi connectivity index (χ4n) is 1.82. The van der Waals surface area contributed by atoms with Crippen LogP contribution in [-0.4, -0.2) is 34.3 Å². The van der Waals surface area contributed by atoms with Gasteiger partial charge >= 0.3 is 0 Å². The average molecular weight is 400 g/mol. The van der Waals surface area contributed by atoms with Crippen molar-refractivity contribution in [1.82, 2.24) is 25.4 Å². The fraction of sp³-hybridized carbons (Fsp3) is 0.357. The summed E-state index contributed by atoms with van der Waals surface area (Å²) in [5.74, 6) is 0.777. The molecular formula is C14H21IN6. The van der Waals surface area contributed by atoms with Crippen molar-refractivity contribution in [2.45, 2.75) is 13.0 Å². The number of rotatable bonds is 5. The van der Waals surface area contributed by atoms with Crippen LogP contribution < -0.4 is 10.6 Å². The SMILES string of the molecule is CN=C(NCCc1cnn(C)c1)NCc1ccccn1.I. The summed E-state index contributed by atoms with van der Waals surface area (Å²) in [4.78, 5) is 8.44. The molecule has 0 aliphatic heterocycles. The first-order chi connectivity index (χ1) is 9.78. The van der Waals surface area contributed by atoms with Gasteiger partial charge in [-0.3, -0.25) is 14.7 Å². The quantitative estimate of drug-likeness (QED) is 0.452. The highest BCUT2D eigenvalue weighted by Crippen LogP contribution is 1.96. The first-order valence-electron chi connectivity index (χ1n) is 6.60. The Labute approximate surface area is 142 Å². The third kappa shape index (κ3) is 6.11. The van der Waals surface area contributed by atoms with Crippen LogP contribution in [0.2, 0.25) is 0 Å². The molecule has 0 atom stereocenters. The minimum Gasteiger partial charge on any atom is -0.356 e. The van der Waals surface area contributed by atoms with Gasteiger partial charge in [-0.15, -0.1) is 24.0 Å². The van der Waals surface area contributed by atoms with Gasteiger partial charge in [0.1, 0.15) is 0 Å². The number of aryl methyl sites for hydroxylation is 1. The minimum absolute atomic E-state index is 0. The number of hydrogen-bond acceptors (Lipinski definition) is 3. The van der Waals surface area contributed by atoms with E-state index in [1.54, 1.807) is 13.2 Å². The number of aliphatic imine (C=N–C) groups is 1. The molecule has 21 heavy (non-hydrogen) atoms. The van der Waals surface area contributed by atoms with Gasteiger partial charge in [-0.25, -0.2) is 0 Å². The second kappa shape index (κ2) is 9.32. The molecule has 0 radical (unpaired) electrons. The predicted molar refractivity (Wildman–Crippen MR) is 94.8 cm³/mol. The summed E-state index contributed by atoms with van der Waals surface area (Å²) in [6, 6.07) is 5.86. The Balaban J connectivity index is 0.00000220. The van der Waals surface area contributed by atoms with Crippen LogP contribution in [-0.2, 0) is 20.0 Å². The maximum atomic E-state index is 4.26. The number of aromatic nitrogens is 3. The lowest BCUT2D eigenvalue weighted by Crippen LogP contribution is -2.38. The predicted octanol–water partition coefficient (Wildman–Crippen LogP) is 1.34. The van der Waals surface area contributed by atoms with Crippen molar-refractivity contribution in [3.8, 4) is 0 Å². The van der Waals surface area contributed by atoms with Crippen molar-refractivity contribution in [2.24, 2.45) is 12.0 Å². The summed E-state index contributed by atoms with van der Waals surface area (Å²) < 4.78 is 1.81. The highest BCUT2D eigenvalue weighted by Gasteiger charge is 2.00. The molecule has 0 unspecified atom stereocenters. The van der Waals surface area contributed by atoms with Gasteiger partial charge in [0.25, 0.3) is 0 Å². The molecule has 0 aromatic carbocycles. The molecule has 2 aromatic heterocycles. The highest BCUT2D eigenvalue weighted by atomic mass is 127. The first kappa shape index (κ1) is 17.4. The van der Waals surface area contributed by atoms with Crippen LogP contribution in [0.3, 0.4) is 0 Å². The zero-order valence-electron chi connectivity index (χ0n) is 12.3. The maximum absolute atomic E-state index is 4.26. The van der Waals surface area contributed by atoms with E-state index in [-0.39, 0.29) is 24.0 Å². The molecule has 2 rings (SSSR count). The standard InChI is InChI=1S/C14H20N6.HI/c1-15-14(18-10-13-5-3-4-7-16-13)17-8-6-12-9-19-20(2)11-12;/h3-5,7,9,11H,6,8,10H2,1-2H3,(H2,15,17,18);1H. The van der Waals surface area contributed by atoms with Crippen molar-refractivity contribution in [3.63, 3.8) is 0 Å². The molecule has 0 saturated carbocycles. The van der Waals surface area contributed by atoms with Crippen molar-refractivity contribution in [2.75, 3.05) is 13.6 Å². The molecule has 0 aliphatic carbocycles. The molecule has 0 bridgehead atoms. The molecule has 0 aliphatic rings. The molecular weight excluding hydrogens is 379 g/mol. The molecule has 0 saturated heterocycles. The topological polar surface area (TPSA) is 67.1 Å². The molecule has 0 fully saturated rings. The Hall–Kier alpha value is -1.64. The van der Waals surface area contributed by atoms with Gasteiger partial charge in [-0.1, -0.05) is 6.07 Å². The van der Waals surface area contributed by atoms with E-state index in [0.717, 1.165) is 24.6 Å². The van der Waals surface area contributed by atoms with E-state index in [0.29, 0.717) is 6.54 Å². The number of pyridine rings is 1. The summed E-state index contributed by atoms with van der Waals surface area (Å²) in [5, 5.41) is 10.6. The molecule has 114 valence electrons. The normalized spacial score (nSPS) is 10.9. The van der Waals surface area contributed by atoms with E-state index in [1.165, 1.54) is 5.56 Å². The average Bonchev–Trinajstić information content (AvgIpc) is 2.89. The molecule has 2 aromatic rings. The summed E-state index contributed by atoms with van der Waals surface area (Å²) in [5.41, 5.74) is 2.20. The van der Waals surface area contributed by atoms with Crippen LogP contribution in [0.25, 0.3) is 0 Å². The second-order valence-corrected chi connectivity index (χ2v) is 4.45. The summed E-state index contributed by atoms with van der Waals surface area (Å²) in [7, 11) is 3.68. The Morgan fingerprint density at radius 2 is 2.19 bits per heavy atom. The Morgan fingerprint density at radius 1 is 1.33 bits per heavy atom. The number of hydrogen-bond donors (Lipinski definition) is 2. The molecule has 0 spiro atoms. The van der Waals surface area contributed by atoms with E-state index in [2.05, 4.69) is 25.7 Å². The number of nitrogens with one attached hydrogen (secondary N) is 2. The van der Waals surface area contributed by atoms with Crippen molar-refractivity contribution < 1.29 is 0 Å². The maximum Gasteiger partial charge on any atom is 0.191 e. The van der Waals surface area contributed by atoms with Gasteiger partial charge in [-0.05, 0) is 24.1 Å². The molecule has 6 nitrogen and oxygen atoms in total. The van der Waals surface area contributed by atoms with Gasteiger partial charge in [0.15, 0.2) is 5.96 Å². The smallest absolute Gasteiger partial charge is 0.191 e. The zero-order chi connectivity index (χ0) is 14.2. The minimum atomic E-state index is 0. The Kier molecular flexibility index (Phi) is 7.73. The zero-order valence-corrected chi connectivity index (χ0v) is 14.6. The van der Waals surface area contributed by atoms with Gasteiger partial charge in [0.05, 0.1) is 18.4 Å². The van der Waals surface area contributed by atoms with Crippen molar-refractivity contribution >= 4 is 29.9 Å². The molecule has 0 amide bonds. The van der Waals surface area contributed by atoms with Gasteiger partial charge in [-0.2, -0.15) is 5.10 Å². The van der Waals surface area contributed by atoms with E-state index in [4.69, 9.17) is 0 Å². The summed E-state index contributed by atoms with van der Waals surface area (Å²) in [6.45, 7) is 1.47. The lowest BCUT2D eigenvalue weighted by molar-refractivity contribution is 0.764. The van der Waals surface area contributed by atoms with Crippen LogP contribution in [0.15, 0.2) is 41.8 Å². The number of guanidine groups is 1. The molecule has 2 N–H and O–H groups in total. The lowest BCUT2D eigenvalue weighted by Gasteiger charge is -2.11. The van der Waals surface area contributed by atoms with Crippen LogP contribution >= 0.6 is 24.0 Å². The lowest BCUT2D eigenvalue weighted by atomic mass is 10.2. The third-order valence-corrected chi connectivity index (χ3v) is 2.85. The number of halogens is 1. The van der Waals surface area contributed by atoms with Gasteiger partial charge in [0.2, 0.25) is 0 Å². The first-order valence-corrected chi connectivity index (χ1v) is 6.60. The molecule has 2 heterocycles. The van der Waals surface area contributed by atoms with Crippen molar-refractivity contribution in [1.29, 1.82) is 0 Å². The van der Waals surface area contributed by atoms with Gasteiger partial charge in [0, 0.05) is 33.0 Å². The Bertz CT molecular complexity index is 552. The third-order valence-electron chi connectivity index (χ3n) is 2.85. The Morgan fingerprint density at radius 3 is 2.81 bits per heavy atom.